The number of unbranched alkanes of at least 4 members (excludes halogenated alkanes) is 7. The van der Waals surface area contributed by atoms with E-state index in [1.807, 2.05) is 0 Å². The number of rotatable bonds is 18. The summed E-state index contributed by atoms with van der Waals surface area (Å²) in [5.74, 6) is 0. The van der Waals surface area contributed by atoms with Crippen LogP contribution in [0.15, 0.2) is 40.9 Å². The van der Waals surface area contributed by atoms with Crippen LogP contribution >= 0.6 is 0 Å². The van der Waals surface area contributed by atoms with Gasteiger partial charge < -0.3 is 0 Å². The van der Waals surface area contributed by atoms with Crippen LogP contribution < -0.4 is 0 Å². The normalized spacial score (nSPS) is 12.4. The Bertz CT molecular complexity index is 994. The molecule has 0 N–H and O–H groups in total. The Morgan fingerprint density at radius 3 is 1.87 bits per heavy atom. The first-order chi connectivity index (χ1) is 18.4. The molecule has 0 saturated carbocycles. The first-order valence-corrected chi connectivity index (χ1v) is 16.0. The SMILES string of the molecule is CCCCCCCCc1cc(C)cc(C=C(CC)C(C)=Nc2cc(CCCC)c(CC)c(CCCC)c2)c1. The van der Waals surface area contributed by atoms with E-state index in [4.69, 9.17) is 4.99 Å². The molecular weight excluding hydrogens is 458 g/mol. The third-order valence-corrected chi connectivity index (χ3v) is 7.83. The van der Waals surface area contributed by atoms with Gasteiger partial charge in [0.05, 0.1) is 5.69 Å². The average molecular weight is 516 g/mol. The molecule has 0 aliphatic rings. The summed E-state index contributed by atoms with van der Waals surface area (Å²) >= 11 is 0. The minimum atomic E-state index is 0.995. The van der Waals surface area contributed by atoms with E-state index in [-0.39, 0.29) is 0 Å². The highest BCUT2D eigenvalue weighted by Gasteiger charge is 2.11. The lowest BCUT2D eigenvalue weighted by Gasteiger charge is -2.16. The van der Waals surface area contributed by atoms with Crippen LogP contribution in [0.2, 0.25) is 0 Å². The third kappa shape index (κ3) is 10.9. The molecule has 0 bridgehead atoms. The second-order valence-electron chi connectivity index (χ2n) is 11.3. The van der Waals surface area contributed by atoms with Crippen molar-refractivity contribution in [3.05, 3.63) is 69.3 Å². The molecule has 2 aromatic carbocycles. The van der Waals surface area contributed by atoms with Crippen molar-refractivity contribution in [2.45, 2.75) is 145 Å². The molecule has 0 unspecified atom stereocenters. The molecule has 0 atom stereocenters. The van der Waals surface area contributed by atoms with Gasteiger partial charge in [-0.05, 0) is 117 Å². The molecule has 0 saturated heterocycles. The highest BCUT2D eigenvalue weighted by atomic mass is 14.7. The second kappa shape index (κ2) is 18.2. The van der Waals surface area contributed by atoms with Gasteiger partial charge in [0.25, 0.3) is 0 Å². The van der Waals surface area contributed by atoms with Gasteiger partial charge in [0.15, 0.2) is 0 Å². The second-order valence-corrected chi connectivity index (χ2v) is 11.3. The quantitative estimate of drug-likeness (QED) is 0.138. The van der Waals surface area contributed by atoms with Crippen molar-refractivity contribution in [3.8, 4) is 0 Å². The summed E-state index contributed by atoms with van der Waals surface area (Å²) in [6, 6.07) is 11.9. The number of allylic oxidation sites excluding steroid dienone is 1. The van der Waals surface area contributed by atoms with Gasteiger partial charge in [0, 0.05) is 5.71 Å². The minimum Gasteiger partial charge on any atom is -0.253 e. The smallest absolute Gasteiger partial charge is 0.0638 e. The monoisotopic (exact) mass is 515 g/mol. The maximum atomic E-state index is 5.22. The molecule has 2 rings (SSSR count). The van der Waals surface area contributed by atoms with Crippen LogP contribution in [0.5, 0.6) is 0 Å². The van der Waals surface area contributed by atoms with Crippen LogP contribution in [-0.2, 0) is 25.7 Å². The van der Waals surface area contributed by atoms with Gasteiger partial charge >= 0.3 is 0 Å². The van der Waals surface area contributed by atoms with Crippen molar-refractivity contribution in [2.75, 3.05) is 0 Å². The van der Waals surface area contributed by atoms with E-state index in [9.17, 15) is 0 Å². The maximum Gasteiger partial charge on any atom is 0.0638 e. The van der Waals surface area contributed by atoms with Crippen LogP contribution in [0.4, 0.5) is 5.69 Å². The molecule has 0 aromatic heterocycles. The zero-order valence-electron chi connectivity index (χ0n) is 26.0. The molecule has 210 valence electrons. The zero-order chi connectivity index (χ0) is 27.8. The average Bonchev–Trinajstić information content (AvgIpc) is 2.90. The van der Waals surface area contributed by atoms with Crippen LogP contribution in [0.1, 0.15) is 146 Å². The van der Waals surface area contributed by atoms with Gasteiger partial charge in [-0.2, -0.15) is 0 Å². The Balaban J connectivity index is 2.30. The lowest BCUT2D eigenvalue weighted by molar-refractivity contribution is 0.607. The number of aliphatic imine (C=N–C) groups is 1. The molecule has 0 spiro atoms. The first-order valence-electron chi connectivity index (χ1n) is 16.0. The first kappa shape index (κ1) is 32.1. The van der Waals surface area contributed by atoms with E-state index >= 15 is 0 Å². The Kier molecular flexibility index (Phi) is 15.4. The summed E-state index contributed by atoms with van der Waals surface area (Å²) in [6.45, 7) is 15.9. The highest BCUT2D eigenvalue weighted by Crippen LogP contribution is 2.28. The van der Waals surface area contributed by atoms with Crippen LogP contribution in [-0.4, -0.2) is 5.71 Å². The van der Waals surface area contributed by atoms with E-state index < -0.39 is 0 Å². The zero-order valence-corrected chi connectivity index (χ0v) is 26.0. The Morgan fingerprint density at radius 1 is 0.684 bits per heavy atom. The van der Waals surface area contributed by atoms with E-state index in [2.05, 4.69) is 84.9 Å². The lowest BCUT2D eigenvalue weighted by Crippen LogP contribution is -2.01. The summed E-state index contributed by atoms with van der Waals surface area (Å²) < 4.78 is 0. The van der Waals surface area contributed by atoms with Crippen molar-refractivity contribution in [2.24, 2.45) is 4.99 Å². The molecule has 1 heteroatoms. The van der Waals surface area contributed by atoms with Gasteiger partial charge in [0.1, 0.15) is 0 Å². The molecule has 0 heterocycles. The summed E-state index contributed by atoms with van der Waals surface area (Å²) in [5.41, 5.74) is 12.4. The molecule has 1 nitrogen and oxygen atoms in total. The minimum absolute atomic E-state index is 0.995. The molecule has 38 heavy (non-hydrogen) atoms. The molecule has 0 radical (unpaired) electrons. The number of benzene rings is 2. The number of hydrogen-bond donors (Lipinski definition) is 0. The van der Waals surface area contributed by atoms with Gasteiger partial charge in [-0.1, -0.05) is 103 Å². The molecule has 0 aliphatic heterocycles. The topological polar surface area (TPSA) is 12.4 Å². The summed E-state index contributed by atoms with van der Waals surface area (Å²) in [4.78, 5) is 5.22. The number of nitrogens with zero attached hydrogens (tertiary/aromatic N) is 1. The predicted octanol–water partition coefficient (Wildman–Crippen LogP) is 11.7. The summed E-state index contributed by atoms with van der Waals surface area (Å²) in [7, 11) is 0. The molecule has 0 fully saturated rings. The Hall–Kier alpha value is -2.15. The van der Waals surface area contributed by atoms with Crippen LogP contribution in [0, 0.1) is 6.92 Å². The fourth-order valence-corrected chi connectivity index (χ4v) is 5.64. The van der Waals surface area contributed by atoms with Crippen molar-refractivity contribution in [1.82, 2.24) is 0 Å². The van der Waals surface area contributed by atoms with Gasteiger partial charge in [-0.3, -0.25) is 4.99 Å². The van der Waals surface area contributed by atoms with Gasteiger partial charge in [0.2, 0.25) is 0 Å². The molecule has 0 amide bonds. The maximum absolute atomic E-state index is 5.22. The Labute approximate surface area is 236 Å². The van der Waals surface area contributed by atoms with E-state index in [0.29, 0.717) is 0 Å². The fourth-order valence-electron chi connectivity index (χ4n) is 5.64. The molecule has 2 aromatic rings. The van der Waals surface area contributed by atoms with Crippen LogP contribution in [0.25, 0.3) is 6.08 Å². The van der Waals surface area contributed by atoms with E-state index in [1.54, 1.807) is 5.56 Å². The fraction of sp³-hybridized carbons (Fsp3) is 0.595. The van der Waals surface area contributed by atoms with Gasteiger partial charge in [-0.15, -0.1) is 0 Å². The largest absolute Gasteiger partial charge is 0.253 e. The third-order valence-electron chi connectivity index (χ3n) is 7.83. The summed E-state index contributed by atoms with van der Waals surface area (Å²) in [6.07, 6.45) is 21.1. The summed E-state index contributed by atoms with van der Waals surface area (Å²) in [5, 5.41) is 0. The molecule has 0 aliphatic carbocycles. The highest BCUT2D eigenvalue weighted by molar-refractivity contribution is 6.03. The van der Waals surface area contributed by atoms with Gasteiger partial charge in [-0.25, -0.2) is 0 Å². The standard InChI is InChI=1S/C37H57N/c1-8-13-16-17-18-19-20-31-23-29(6)24-32(25-31)26-33(11-4)30(7)38-36-27-34(21-14-9-2)37(12-5)35(28-36)22-15-10-3/h23-28H,8-22H2,1-7H3. The predicted molar refractivity (Wildman–Crippen MR) is 172 cm³/mol. The van der Waals surface area contributed by atoms with Crippen molar-refractivity contribution < 1.29 is 0 Å². The lowest BCUT2D eigenvalue weighted by atomic mass is 9.92. The van der Waals surface area contributed by atoms with E-state index in [0.717, 1.165) is 24.2 Å². The van der Waals surface area contributed by atoms with E-state index in [1.165, 1.54) is 117 Å². The molecular formula is C37H57N. The number of hydrogen-bond acceptors (Lipinski definition) is 1. The van der Waals surface area contributed by atoms with Crippen molar-refractivity contribution in [3.63, 3.8) is 0 Å². The van der Waals surface area contributed by atoms with Crippen molar-refractivity contribution in [1.29, 1.82) is 0 Å². The van der Waals surface area contributed by atoms with Crippen LogP contribution in [0.3, 0.4) is 0 Å². The number of aryl methyl sites for hydroxylation is 4. The van der Waals surface area contributed by atoms with Crippen molar-refractivity contribution >= 4 is 17.5 Å². The Morgan fingerprint density at radius 2 is 1.29 bits per heavy atom.